The molecule has 0 saturated heterocycles. The molecule has 102 valence electrons. The maximum absolute atomic E-state index is 6.31. The average Bonchev–Trinajstić information content (AvgIpc) is 2.77. The predicted octanol–water partition coefficient (Wildman–Crippen LogP) is 3.42. The minimum absolute atomic E-state index is 0.0255. The fourth-order valence-corrected chi connectivity index (χ4v) is 2.76. The third-order valence-electron chi connectivity index (χ3n) is 3.58. The number of hydrogen-bond donors (Lipinski definition) is 1. The second-order valence-electron chi connectivity index (χ2n) is 4.94. The summed E-state index contributed by atoms with van der Waals surface area (Å²) >= 11 is 2.30. The molecule has 0 saturated carbocycles. The van der Waals surface area contributed by atoms with Gasteiger partial charge in [0.25, 0.3) is 0 Å². The van der Waals surface area contributed by atoms with Crippen LogP contribution in [0.5, 0.6) is 0 Å². The first-order valence-electron chi connectivity index (χ1n) is 6.56. The number of benzene rings is 2. The van der Waals surface area contributed by atoms with Crippen LogP contribution >= 0.6 is 22.6 Å². The Kier molecular flexibility index (Phi) is 3.76. The highest BCUT2D eigenvalue weighted by molar-refractivity contribution is 14.1. The molecule has 1 aromatic heterocycles. The predicted molar refractivity (Wildman–Crippen MR) is 90.5 cm³/mol. The smallest absolute Gasteiger partial charge is 0.111 e. The van der Waals surface area contributed by atoms with E-state index in [0.29, 0.717) is 0 Å². The van der Waals surface area contributed by atoms with Crippen LogP contribution in [0.4, 0.5) is 0 Å². The van der Waals surface area contributed by atoms with Crippen molar-refractivity contribution < 1.29 is 0 Å². The molecular weight excluding hydrogens is 361 g/mol. The Hall–Kier alpha value is -1.40. The lowest BCUT2D eigenvalue weighted by molar-refractivity contribution is 0.665. The van der Waals surface area contributed by atoms with E-state index in [-0.39, 0.29) is 6.04 Å². The van der Waals surface area contributed by atoms with E-state index in [4.69, 9.17) is 5.73 Å². The molecule has 4 heteroatoms. The van der Waals surface area contributed by atoms with Crippen LogP contribution in [-0.4, -0.2) is 9.55 Å². The van der Waals surface area contributed by atoms with E-state index < -0.39 is 0 Å². The van der Waals surface area contributed by atoms with Gasteiger partial charge in [0.1, 0.15) is 5.82 Å². The highest BCUT2D eigenvalue weighted by Crippen LogP contribution is 2.20. The van der Waals surface area contributed by atoms with Crippen molar-refractivity contribution in [3.05, 3.63) is 63.5 Å². The van der Waals surface area contributed by atoms with Crippen LogP contribution in [0.15, 0.2) is 48.5 Å². The van der Waals surface area contributed by atoms with Gasteiger partial charge in [-0.05, 0) is 52.4 Å². The lowest BCUT2D eigenvalue weighted by Crippen LogP contribution is -2.15. The molecule has 0 aliphatic rings. The van der Waals surface area contributed by atoms with E-state index in [1.54, 1.807) is 0 Å². The summed E-state index contributed by atoms with van der Waals surface area (Å²) in [6, 6.07) is 16.5. The maximum Gasteiger partial charge on any atom is 0.111 e. The summed E-state index contributed by atoms with van der Waals surface area (Å²) < 4.78 is 3.35. The van der Waals surface area contributed by atoms with Crippen molar-refractivity contribution in [2.75, 3.05) is 0 Å². The number of aromatic nitrogens is 2. The van der Waals surface area contributed by atoms with Crippen LogP contribution in [0.1, 0.15) is 17.4 Å². The second kappa shape index (κ2) is 5.54. The molecule has 0 bridgehead atoms. The Balaban J connectivity index is 1.89. The number of aryl methyl sites for hydroxylation is 1. The van der Waals surface area contributed by atoms with Crippen LogP contribution < -0.4 is 5.73 Å². The van der Waals surface area contributed by atoms with Crippen LogP contribution in [-0.2, 0) is 13.5 Å². The summed E-state index contributed by atoms with van der Waals surface area (Å²) in [5.74, 6) is 1.03. The van der Waals surface area contributed by atoms with Gasteiger partial charge in [0.05, 0.1) is 11.0 Å². The van der Waals surface area contributed by atoms with Gasteiger partial charge in [0, 0.05) is 23.1 Å². The van der Waals surface area contributed by atoms with Gasteiger partial charge in [-0.2, -0.15) is 0 Å². The van der Waals surface area contributed by atoms with Crippen LogP contribution in [0.25, 0.3) is 11.0 Å². The van der Waals surface area contributed by atoms with Gasteiger partial charge >= 0.3 is 0 Å². The molecule has 0 amide bonds. The zero-order valence-electron chi connectivity index (χ0n) is 11.3. The Labute approximate surface area is 132 Å². The van der Waals surface area contributed by atoms with E-state index in [1.807, 2.05) is 25.2 Å². The Bertz CT molecular complexity index is 731. The first kappa shape index (κ1) is 13.6. The third kappa shape index (κ3) is 2.58. The molecule has 0 aliphatic carbocycles. The third-order valence-corrected chi connectivity index (χ3v) is 4.30. The SMILES string of the molecule is Cn1c(CC(N)c2ccc(I)cc2)nc2ccccc21. The van der Waals surface area contributed by atoms with Gasteiger partial charge in [-0.1, -0.05) is 24.3 Å². The Morgan fingerprint density at radius 1 is 1.15 bits per heavy atom. The van der Waals surface area contributed by atoms with Crippen molar-refractivity contribution in [2.45, 2.75) is 12.5 Å². The minimum atomic E-state index is -0.0255. The molecule has 0 fully saturated rings. The first-order valence-corrected chi connectivity index (χ1v) is 7.64. The zero-order chi connectivity index (χ0) is 14.1. The lowest BCUT2D eigenvalue weighted by Gasteiger charge is -2.12. The molecule has 1 unspecified atom stereocenters. The number of fused-ring (bicyclic) bond motifs is 1. The number of para-hydroxylation sites is 2. The topological polar surface area (TPSA) is 43.8 Å². The number of halogens is 1. The summed E-state index contributed by atoms with van der Waals surface area (Å²) in [7, 11) is 2.05. The van der Waals surface area contributed by atoms with Gasteiger partial charge in [-0.3, -0.25) is 0 Å². The fraction of sp³-hybridized carbons (Fsp3) is 0.188. The van der Waals surface area contributed by atoms with Crippen molar-refractivity contribution in [1.29, 1.82) is 0 Å². The van der Waals surface area contributed by atoms with E-state index in [1.165, 1.54) is 3.57 Å². The highest BCUT2D eigenvalue weighted by atomic mass is 127. The molecule has 0 aliphatic heterocycles. The monoisotopic (exact) mass is 377 g/mol. The summed E-state index contributed by atoms with van der Waals surface area (Å²) in [4.78, 5) is 4.68. The summed E-state index contributed by atoms with van der Waals surface area (Å²) in [5.41, 5.74) is 9.64. The van der Waals surface area contributed by atoms with Crippen molar-refractivity contribution in [3.8, 4) is 0 Å². The van der Waals surface area contributed by atoms with E-state index in [0.717, 1.165) is 28.8 Å². The number of rotatable bonds is 3. The van der Waals surface area contributed by atoms with Crippen molar-refractivity contribution in [1.82, 2.24) is 9.55 Å². The number of hydrogen-bond acceptors (Lipinski definition) is 2. The molecule has 0 radical (unpaired) electrons. The van der Waals surface area contributed by atoms with Crippen LogP contribution in [0.3, 0.4) is 0 Å². The van der Waals surface area contributed by atoms with Gasteiger partial charge in [0.2, 0.25) is 0 Å². The number of imidazole rings is 1. The Morgan fingerprint density at radius 3 is 2.55 bits per heavy atom. The first-order chi connectivity index (χ1) is 9.65. The van der Waals surface area contributed by atoms with Gasteiger partial charge in [0.15, 0.2) is 0 Å². The summed E-state index contributed by atoms with van der Waals surface area (Å²) in [6.45, 7) is 0. The molecule has 1 heterocycles. The largest absolute Gasteiger partial charge is 0.331 e. The Morgan fingerprint density at radius 2 is 1.85 bits per heavy atom. The molecule has 2 aromatic carbocycles. The molecule has 3 aromatic rings. The van der Waals surface area contributed by atoms with E-state index in [2.05, 4.69) is 62.5 Å². The highest BCUT2D eigenvalue weighted by Gasteiger charge is 2.12. The van der Waals surface area contributed by atoms with Crippen LogP contribution in [0.2, 0.25) is 0 Å². The maximum atomic E-state index is 6.31. The van der Waals surface area contributed by atoms with Crippen molar-refractivity contribution in [3.63, 3.8) is 0 Å². The molecule has 20 heavy (non-hydrogen) atoms. The van der Waals surface area contributed by atoms with E-state index in [9.17, 15) is 0 Å². The second-order valence-corrected chi connectivity index (χ2v) is 6.18. The minimum Gasteiger partial charge on any atom is -0.331 e. The number of nitrogens with zero attached hydrogens (tertiary/aromatic N) is 2. The molecule has 3 nitrogen and oxygen atoms in total. The fourth-order valence-electron chi connectivity index (χ4n) is 2.40. The van der Waals surface area contributed by atoms with Crippen LogP contribution in [0, 0.1) is 3.57 Å². The zero-order valence-corrected chi connectivity index (χ0v) is 13.4. The van der Waals surface area contributed by atoms with Gasteiger partial charge in [-0.25, -0.2) is 4.98 Å². The van der Waals surface area contributed by atoms with Gasteiger partial charge in [-0.15, -0.1) is 0 Å². The summed E-state index contributed by atoms with van der Waals surface area (Å²) in [6.07, 6.45) is 0.742. The molecule has 3 rings (SSSR count). The molecule has 1 atom stereocenters. The normalized spacial score (nSPS) is 12.8. The lowest BCUT2D eigenvalue weighted by atomic mass is 10.0. The summed E-state index contributed by atoms with van der Waals surface area (Å²) in [5, 5.41) is 0. The molecule has 2 N–H and O–H groups in total. The molecular formula is C16H16IN3. The van der Waals surface area contributed by atoms with Crippen molar-refractivity contribution >= 4 is 33.6 Å². The van der Waals surface area contributed by atoms with Crippen molar-refractivity contribution in [2.24, 2.45) is 12.8 Å². The average molecular weight is 377 g/mol. The standard InChI is InChI=1S/C16H16IN3/c1-20-15-5-3-2-4-14(15)19-16(20)10-13(18)11-6-8-12(17)9-7-11/h2-9,13H,10,18H2,1H3. The van der Waals surface area contributed by atoms with Gasteiger partial charge < -0.3 is 10.3 Å². The molecule has 0 spiro atoms. The number of nitrogens with two attached hydrogens (primary N) is 1. The quantitative estimate of drug-likeness (QED) is 0.711. The van der Waals surface area contributed by atoms with E-state index >= 15 is 0 Å².